The second-order valence-corrected chi connectivity index (χ2v) is 12.6. The van der Waals surface area contributed by atoms with Crippen molar-refractivity contribution in [1.29, 1.82) is 0 Å². The quantitative estimate of drug-likeness (QED) is 0.145. The number of carboxylic acid groups (broad SMARTS) is 1. The highest BCUT2D eigenvalue weighted by Crippen LogP contribution is 2.45. The van der Waals surface area contributed by atoms with Crippen molar-refractivity contribution in [1.82, 2.24) is 4.57 Å². The summed E-state index contributed by atoms with van der Waals surface area (Å²) in [5.74, 6) is 1.51. The van der Waals surface area contributed by atoms with Crippen molar-refractivity contribution in [2.45, 2.75) is 33.6 Å². The molecule has 0 fully saturated rings. The van der Waals surface area contributed by atoms with Gasteiger partial charge in [-0.1, -0.05) is 0 Å². The lowest BCUT2D eigenvalue weighted by Crippen LogP contribution is -2.27. The number of allylic oxidation sites excluding steroid dienone is 2. The zero-order valence-electron chi connectivity index (χ0n) is 30.6. The van der Waals surface area contributed by atoms with Crippen LogP contribution >= 0.6 is 0 Å². The van der Waals surface area contributed by atoms with Crippen molar-refractivity contribution in [2.24, 2.45) is 12.0 Å². The monoisotopic (exact) mass is 676 g/mol. The van der Waals surface area contributed by atoms with Gasteiger partial charge in [-0.25, -0.2) is 4.99 Å². The van der Waals surface area contributed by atoms with Crippen LogP contribution in [-0.4, -0.2) is 69.9 Å². The van der Waals surface area contributed by atoms with E-state index in [4.69, 9.17) is 19.2 Å². The van der Waals surface area contributed by atoms with Crippen LogP contribution in [0.5, 0.6) is 17.2 Å². The van der Waals surface area contributed by atoms with Crippen molar-refractivity contribution in [2.75, 3.05) is 58.3 Å². The number of nitrogens with zero attached hydrogens (tertiary/aromatic N) is 4. The van der Waals surface area contributed by atoms with Crippen LogP contribution in [0.2, 0.25) is 0 Å². The Kier molecular flexibility index (Phi) is 11.0. The number of carbonyl (C=O) groups is 1. The number of ether oxygens (including phenoxy) is 3. The largest absolute Gasteiger partial charge is 0.497 e. The maximum Gasteiger partial charge on any atom is 0.303 e. The number of aromatic nitrogens is 1. The van der Waals surface area contributed by atoms with Crippen molar-refractivity contribution >= 4 is 28.6 Å². The van der Waals surface area contributed by atoms with Crippen LogP contribution in [0.1, 0.15) is 49.1 Å². The molecule has 0 aliphatic carbocycles. The first-order chi connectivity index (χ1) is 24.0. The first-order valence-corrected chi connectivity index (χ1v) is 16.8. The summed E-state index contributed by atoms with van der Waals surface area (Å²) >= 11 is 0. The molecule has 1 aromatic heterocycles. The van der Waals surface area contributed by atoms with Crippen LogP contribution in [0, 0.1) is 6.92 Å². The molecule has 0 radical (unpaired) electrons. The molecule has 0 atom stereocenters. The van der Waals surface area contributed by atoms with Gasteiger partial charge in [0.1, 0.15) is 17.2 Å². The van der Waals surface area contributed by atoms with Gasteiger partial charge in [0.2, 0.25) is 0 Å². The van der Waals surface area contributed by atoms with Crippen LogP contribution in [-0.2, 0) is 11.8 Å². The third-order valence-corrected chi connectivity index (χ3v) is 9.22. The lowest BCUT2D eigenvalue weighted by atomic mass is 9.93. The molecule has 9 heteroatoms. The third kappa shape index (κ3) is 7.27. The number of hydrogen-bond acceptors (Lipinski definition) is 7. The number of carboxylic acids is 1. The molecule has 0 saturated carbocycles. The van der Waals surface area contributed by atoms with Gasteiger partial charge in [0.25, 0.3) is 0 Å². The van der Waals surface area contributed by atoms with Gasteiger partial charge >= 0.3 is 5.97 Å². The van der Waals surface area contributed by atoms with Crippen molar-refractivity contribution in [3.63, 3.8) is 0 Å². The van der Waals surface area contributed by atoms with E-state index < -0.39 is 5.97 Å². The molecule has 50 heavy (non-hydrogen) atoms. The molecule has 5 rings (SSSR count). The summed E-state index contributed by atoms with van der Waals surface area (Å²) < 4.78 is 19.3. The van der Waals surface area contributed by atoms with E-state index in [-0.39, 0.29) is 6.42 Å². The number of benzene rings is 3. The molecule has 0 saturated heterocycles. The van der Waals surface area contributed by atoms with E-state index in [2.05, 4.69) is 78.6 Å². The molecule has 0 amide bonds. The van der Waals surface area contributed by atoms with Gasteiger partial charge in [0.05, 0.1) is 49.8 Å². The average Bonchev–Trinajstić information content (AvgIpc) is 3.64. The Bertz CT molecular complexity index is 1950. The van der Waals surface area contributed by atoms with Gasteiger partial charge in [-0.3, -0.25) is 4.79 Å². The number of aliphatic carboxylic acids is 1. The van der Waals surface area contributed by atoms with Gasteiger partial charge in [-0.2, -0.15) is 0 Å². The minimum Gasteiger partial charge on any atom is -0.497 e. The first-order valence-electron chi connectivity index (χ1n) is 16.8. The molecule has 0 unspecified atom stereocenters. The lowest BCUT2D eigenvalue weighted by molar-refractivity contribution is -0.137. The van der Waals surface area contributed by atoms with Crippen LogP contribution < -0.4 is 24.0 Å². The summed E-state index contributed by atoms with van der Waals surface area (Å²) in [6.45, 7) is 7.66. The molecular formula is C41H48N4O5. The lowest BCUT2D eigenvalue weighted by Gasteiger charge is -2.30. The number of rotatable bonds is 14. The third-order valence-electron chi connectivity index (χ3n) is 9.22. The van der Waals surface area contributed by atoms with Gasteiger partial charge in [0, 0.05) is 69.1 Å². The summed E-state index contributed by atoms with van der Waals surface area (Å²) in [6.07, 6.45) is 2.79. The van der Waals surface area contributed by atoms with E-state index in [1.165, 1.54) is 0 Å². The van der Waals surface area contributed by atoms with Crippen LogP contribution in [0.4, 0.5) is 11.4 Å². The Morgan fingerprint density at radius 3 is 2.02 bits per heavy atom. The molecule has 1 aliphatic heterocycles. The first kappa shape index (κ1) is 35.9. The molecule has 0 spiro atoms. The summed E-state index contributed by atoms with van der Waals surface area (Å²) in [5, 5.41) is 9.30. The molecular weight excluding hydrogens is 628 g/mol. The summed E-state index contributed by atoms with van der Waals surface area (Å²) in [7, 11) is 11.2. The Labute approximate surface area is 295 Å². The number of hydrogen-bond donors (Lipinski definition) is 1. The maximum atomic E-state index is 11.3. The topological polar surface area (TPSA) is 88.8 Å². The Morgan fingerprint density at radius 2 is 1.48 bits per heavy atom. The average molecular weight is 677 g/mol. The molecule has 9 nitrogen and oxygen atoms in total. The molecule has 1 N–H and O–H groups in total. The van der Waals surface area contributed by atoms with Crippen LogP contribution in [0.25, 0.3) is 16.8 Å². The normalized spacial score (nSPS) is 13.5. The minimum atomic E-state index is -0.792. The predicted octanol–water partition coefficient (Wildman–Crippen LogP) is 7.99. The highest BCUT2D eigenvalue weighted by Gasteiger charge is 2.28. The van der Waals surface area contributed by atoms with Gasteiger partial charge in [-0.05, 0) is 111 Å². The fourth-order valence-corrected chi connectivity index (χ4v) is 6.61. The molecule has 1 aliphatic rings. The van der Waals surface area contributed by atoms with Gasteiger partial charge < -0.3 is 33.7 Å². The van der Waals surface area contributed by atoms with E-state index in [1.54, 1.807) is 21.3 Å². The fraction of sp³-hybridized carbons (Fsp3) is 0.317. The Morgan fingerprint density at radius 1 is 0.860 bits per heavy atom. The zero-order chi connectivity index (χ0) is 36.1. The number of methoxy groups -OCH3 is 3. The molecule has 0 bridgehead atoms. The van der Waals surface area contributed by atoms with E-state index in [9.17, 15) is 9.90 Å². The molecule has 262 valence electrons. The van der Waals surface area contributed by atoms with Crippen molar-refractivity contribution < 1.29 is 24.1 Å². The summed E-state index contributed by atoms with van der Waals surface area (Å²) in [5.41, 5.74) is 11.9. The highest BCUT2D eigenvalue weighted by molar-refractivity contribution is 6.13. The zero-order valence-corrected chi connectivity index (χ0v) is 30.6. The molecule has 4 aromatic rings. The van der Waals surface area contributed by atoms with Gasteiger partial charge in [-0.15, -0.1) is 0 Å². The summed E-state index contributed by atoms with van der Waals surface area (Å²) in [4.78, 5) is 21.0. The van der Waals surface area contributed by atoms with Crippen molar-refractivity contribution in [3.05, 3.63) is 106 Å². The van der Waals surface area contributed by atoms with Crippen molar-refractivity contribution in [3.8, 4) is 28.5 Å². The molecule has 2 heterocycles. The van der Waals surface area contributed by atoms with E-state index in [0.717, 1.165) is 85.6 Å². The standard InChI is InChI=1S/C41H48N4O5/c1-10-45(21-11-12-38(46)47)36-25-37(50-9)32(24-35(36)43(4)5)39(40-26(2)22-33(42-40)28-13-17-30(48-7)18-14-28)41-27(3)23-34(44(41)6)29-15-19-31(49-8)20-16-29/h13-20,22-25H,10-12,21H2,1-9H3,(H,46,47)/b40-39-. The van der Waals surface area contributed by atoms with Crippen LogP contribution in [0.3, 0.4) is 0 Å². The second-order valence-electron chi connectivity index (χ2n) is 12.6. The number of aliphatic imine (C=N–C) groups is 1. The van der Waals surface area contributed by atoms with Gasteiger partial charge in [0.15, 0.2) is 0 Å². The Balaban J connectivity index is 1.78. The number of aryl methyl sites for hydroxylation is 1. The SMILES string of the molecule is CCN(CCCC(=O)O)c1cc(OC)c(/C(=C2/N=C(c3ccc(OC)cc3)C=C2C)c2c(C)cc(-c3ccc(OC)cc3)n2C)cc1N(C)C. The van der Waals surface area contributed by atoms with E-state index in [1.807, 2.05) is 50.5 Å². The van der Waals surface area contributed by atoms with Crippen LogP contribution in [0.15, 0.2) is 89.1 Å². The predicted molar refractivity (Wildman–Crippen MR) is 204 cm³/mol. The Hall–Kier alpha value is -5.44. The smallest absolute Gasteiger partial charge is 0.303 e. The highest BCUT2D eigenvalue weighted by atomic mass is 16.5. The maximum absolute atomic E-state index is 11.3. The second kappa shape index (κ2) is 15.4. The summed E-state index contributed by atoms with van der Waals surface area (Å²) in [6, 6.07) is 22.6. The fourth-order valence-electron chi connectivity index (χ4n) is 6.61. The minimum absolute atomic E-state index is 0.114. The molecule has 3 aromatic carbocycles. The van der Waals surface area contributed by atoms with E-state index >= 15 is 0 Å². The number of anilines is 2. The van der Waals surface area contributed by atoms with E-state index in [0.29, 0.717) is 18.7 Å².